The summed E-state index contributed by atoms with van der Waals surface area (Å²) in [4.78, 5) is 4.00. The van der Waals surface area contributed by atoms with Gasteiger partial charge in [-0.1, -0.05) is 0 Å². The van der Waals surface area contributed by atoms with E-state index in [1.807, 2.05) is 12.1 Å². The van der Waals surface area contributed by atoms with Crippen molar-refractivity contribution >= 4 is 37.3 Å². The Kier molecular flexibility index (Phi) is 2.09. The van der Waals surface area contributed by atoms with Crippen LogP contribution >= 0.6 is 15.9 Å². The molecule has 1 rings (SSSR count). The van der Waals surface area contributed by atoms with E-state index in [2.05, 4.69) is 37.8 Å². The minimum atomic E-state index is 0.987. The molecule has 0 fully saturated rings. The van der Waals surface area contributed by atoms with E-state index in [4.69, 9.17) is 0 Å². The van der Waals surface area contributed by atoms with Crippen molar-refractivity contribution in [2.45, 2.75) is 0 Å². The number of hydrogen-bond acceptors (Lipinski definition) is 1. The Labute approximate surface area is 65.1 Å². The Bertz CT molecular complexity index is 151. The van der Waals surface area contributed by atoms with Crippen molar-refractivity contribution < 1.29 is 0 Å². The second-order valence-corrected chi connectivity index (χ2v) is 3.21. The number of nitrogens with zero attached hydrogens (tertiary/aromatic N) is 1. The van der Waals surface area contributed by atoms with Crippen LogP contribution in [-0.4, -0.2) is 21.8 Å². The van der Waals surface area contributed by atoms with Crippen LogP contribution in [-0.2, 0) is 0 Å². The van der Waals surface area contributed by atoms with E-state index < -0.39 is 0 Å². The predicted octanol–water partition coefficient (Wildman–Crippen LogP) is 0.638. The SMILES string of the molecule is [As]c1ccc(Br)cn1. The number of rotatable bonds is 0. The Morgan fingerprint density at radius 1 is 1.50 bits per heavy atom. The summed E-state index contributed by atoms with van der Waals surface area (Å²) in [6.45, 7) is 0. The Hall–Kier alpha value is 0.188. The average Bonchev–Trinajstić information content (AvgIpc) is 1.77. The molecule has 0 bridgehead atoms. The van der Waals surface area contributed by atoms with Crippen molar-refractivity contribution in [3.63, 3.8) is 0 Å². The zero-order valence-electron chi connectivity index (χ0n) is 4.00. The van der Waals surface area contributed by atoms with Gasteiger partial charge in [0.15, 0.2) is 0 Å². The molecule has 40 valence electrons. The second kappa shape index (κ2) is 2.65. The number of aromatic nitrogens is 1. The zero-order valence-corrected chi connectivity index (χ0v) is 7.47. The van der Waals surface area contributed by atoms with Gasteiger partial charge in [-0.3, -0.25) is 0 Å². The van der Waals surface area contributed by atoms with Gasteiger partial charge in [-0.2, -0.15) is 0 Å². The molecule has 0 aromatic carbocycles. The fraction of sp³-hybridized carbons (Fsp3) is 0. The van der Waals surface area contributed by atoms with Crippen LogP contribution in [0, 0.1) is 0 Å². The maximum absolute atomic E-state index is 4.00. The third kappa shape index (κ3) is 1.60. The van der Waals surface area contributed by atoms with E-state index in [0.717, 1.165) is 8.95 Å². The standard InChI is InChI=1S/C5H3AsBrN/c6-5-2-1-4(7)3-8-5/h1-3H. The fourth-order valence-electron chi connectivity index (χ4n) is 0.368. The molecule has 3 heteroatoms. The molecule has 0 aliphatic rings. The molecule has 1 nitrogen and oxygen atoms in total. The quantitative estimate of drug-likeness (QED) is 0.598. The Morgan fingerprint density at radius 2 is 2.25 bits per heavy atom. The molecule has 2 radical (unpaired) electrons. The third-order valence-corrected chi connectivity index (χ3v) is 1.74. The summed E-state index contributed by atoms with van der Waals surface area (Å²) in [7, 11) is 0. The first kappa shape index (κ1) is 6.31. The van der Waals surface area contributed by atoms with Gasteiger partial charge in [0.05, 0.1) is 0 Å². The summed E-state index contributed by atoms with van der Waals surface area (Å²) in [5.41, 5.74) is 0. The molecule has 1 aromatic heterocycles. The van der Waals surface area contributed by atoms with E-state index in [0.29, 0.717) is 0 Å². The van der Waals surface area contributed by atoms with E-state index in [-0.39, 0.29) is 0 Å². The third-order valence-electron chi connectivity index (χ3n) is 0.712. The van der Waals surface area contributed by atoms with Gasteiger partial charge in [0.2, 0.25) is 0 Å². The molecular weight excluding hydrogens is 229 g/mol. The number of hydrogen-bond donors (Lipinski definition) is 0. The molecule has 0 saturated heterocycles. The average molecular weight is 232 g/mol. The van der Waals surface area contributed by atoms with Crippen molar-refractivity contribution in [1.82, 2.24) is 4.98 Å². The van der Waals surface area contributed by atoms with Crippen LogP contribution < -0.4 is 4.48 Å². The molecule has 8 heavy (non-hydrogen) atoms. The summed E-state index contributed by atoms with van der Waals surface area (Å²) in [6.07, 6.45) is 1.77. The van der Waals surface area contributed by atoms with Crippen LogP contribution in [0.3, 0.4) is 0 Å². The van der Waals surface area contributed by atoms with Gasteiger partial charge in [0.25, 0.3) is 0 Å². The van der Waals surface area contributed by atoms with Crippen LogP contribution in [0.15, 0.2) is 22.8 Å². The van der Waals surface area contributed by atoms with E-state index >= 15 is 0 Å². The van der Waals surface area contributed by atoms with Gasteiger partial charge in [0, 0.05) is 0 Å². The monoisotopic (exact) mass is 231 g/mol. The molecule has 0 atom stereocenters. The Balaban J connectivity index is 3.03. The van der Waals surface area contributed by atoms with Crippen LogP contribution in [0.2, 0.25) is 0 Å². The van der Waals surface area contributed by atoms with Crippen LogP contribution in [0.5, 0.6) is 0 Å². The van der Waals surface area contributed by atoms with Gasteiger partial charge >= 0.3 is 65.1 Å². The first-order valence-corrected chi connectivity index (χ1v) is 3.83. The van der Waals surface area contributed by atoms with Crippen molar-refractivity contribution in [1.29, 1.82) is 0 Å². The van der Waals surface area contributed by atoms with Crippen LogP contribution in [0.25, 0.3) is 0 Å². The first-order valence-electron chi connectivity index (χ1n) is 2.09. The molecule has 0 N–H and O–H groups in total. The maximum atomic E-state index is 4.00. The van der Waals surface area contributed by atoms with E-state index in [1.165, 1.54) is 0 Å². The van der Waals surface area contributed by atoms with Gasteiger partial charge in [-0.25, -0.2) is 0 Å². The topological polar surface area (TPSA) is 12.9 Å². The minimum absolute atomic E-state index is 0.987. The molecule has 0 amide bonds. The van der Waals surface area contributed by atoms with Crippen molar-refractivity contribution in [3.8, 4) is 0 Å². The molecule has 0 aliphatic carbocycles. The molecule has 1 aromatic rings. The molecule has 1 heterocycles. The van der Waals surface area contributed by atoms with Gasteiger partial charge in [-0.05, 0) is 0 Å². The number of halogens is 1. The number of pyridine rings is 1. The van der Waals surface area contributed by atoms with Crippen molar-refractivity contribution in [2.24, 2.45) is 0 Å². The fourth-order valence-corrected chi connectivity index (χ4v) is 0.880. The van der Waals surface area contributed by atoms with Crippen molar-refractivity contribution in [2.75, 3.05) is 0 Å². The summed E-state index contributed by atoms with van der Waals surface area (Å²) >= 11 is 5.66. The normalized spacial score (nSPS) is 9.25. The second-order valence-electron chi connectivity index (χ2n) is 1.33. The van der Waals surface area contributed by atoms with E-state index in [9.17, 15) is 0 Å². The zero-order chi connectivity index (χ0) is 5.98. The van der Waals surface area contributed by atoms with Gasteiger partial charge in [0.1, 0.15) is 0 Å². The summed E-state index contributed by atoms with van der Waals surface area (Å²) in [5, 5.41) is 0. The van der Waals surface area contributed by atoms with Gasteiger partial charge in [-0.15, -0.1) is 0 Å². The van der Waals surface area contributed by atoms with Crippen molar-refractivity contribution in [3.05, 3.63) is 22.8 Å². The summed E-state index contributed by atoms with van der Waals surface area (Å²) in [5.74, 6) is 0. The van der Waals surface area contributed by atoms with Crippen LogP contribution in [0.4, 0.5) is 0 Å². The van der Waals surface area contributed by atoms with Crippen LogP contribution in [0.1, 0.15) is 0 Å². The molecular formula is C5H3AsBrN. The summed E-state index contributed by atoms with van der Waals surface area (Å²) in [6, 6.07) is 3.89. The molecule has 0 spiro atoms. The van der Waals surface area contributed by atoms with E-state index in [1.54, 1.807) is 6.20 Å². The molecule has 0 saturated carbocycles. The molecule has 0 aliphatic heterocycles. The summed E-state index contributed by atoms with van der Waals surface area (Å²) < 4.78 is 2.01. The van der Waals surface area contributed by atoms with Gasteiger partial charge < -0.3 is 0 Å². The predicted molar refractivity (Wildman–Crippen MR) is 37.3 cm³/mol. The Morgan fingerprint density at radius 3 is 2.62 bits per heavy atom. The molecule has 0 unspecified atom stereocenters. The first-order chi connectivity index (χ1) is 3.79.